The van der Waals surface area contributed by atoms with E-state index in [9.17, 15) is 24.6 Å². The molecule has 7 heteroatoms. The van der Waals surface area contributed by atoms with Crippen molar-refractivity contribution in [1.29, 1.82) is 0 Å². The van der Waals surface area contributed by atoms with Crippen LogP contribution in [0.3, 0.4) is 0 Å². The number of carbonyl (C=O) groups is 3. The molecule has 0 radical (unpaired) electrons. The van der Waals surface area contributed by atoms with E-state index in [2.05, 4.69) is 0 Å². The van der Waals surface area contributed by atoms with Crippen LogP contribution in [0, 0.1) is 28.6 Å². The second-order valence-electron chi connectivity index (χ2n) is 10.6. The van der Waals surface area contributed by atoms with Gasteiger partial charge in [0.25, 0.3) is 0 Å². The number of ketones is 2. The van der Waals surface area contributed by atoms with Crippen molar-refractivity contribution in [3.05, 3.63) is 23.8 Å². The molecule has 0 heterocycles. The van der Waals surface area contributed by atoms with Crippen LogP contribution in [0.15, 0.2) is 23.8 Å². The summed E-state index contributed by atoms with van der Waals surface area (Å²) < 4.78 is 22.1. The van der Waals surface area contributed by atoms with Gasteiger partial charge in [-0.2, -0.15) is 0 Å². The first-order valence-electron chi connectivity index (χ1n) is 11.6. The summed E-state index contributed by atoms with van der Waals surface area (Å²) >= 11 is 0. The summed E-state index contributed by atoms with van der Waals surface area (Å²) in [6, 6.07) is 0. The van der Waals surface area contributed by atoms with E-state index < -0.39 is 58.4 Å². The van der Waals surface area contributed by atoms with Crippen LogP contribution in [0.5, 0.6) is 0 Å². The molecule has 8 atom stereocenters. The van der Waals surface area contributed by atoms with Crippen molar-refractivity contribution in [3.63, 3.8) is 0 Å². The number of aliphatic hydroxyl groups excluding tert-OH is 1. The van der Waals surface area contributed by atoms with Crippen LogP contribution < -0.4 is 0 Å². The van der Waals surface area contributed by atoms with E-state index in [-0.39, 0.29) is 24.5 Å². The molecule has 0 aliphatic heterocycles. The van der Waals surface area contributed by atoms with Gasteiger partial charge in [-0.1, -0.05) is 32.4 Å². The fraction of sp³-hybridized carbons (Fsp3) is 0.720. The Morgan fingerprint density at radius 2 is 1.97 bits per heavy atom. The molecule has 0 unspecified atom stereocenters. The Kier molecular flexibility index (Phi) is 5.33. The highest BCUT2D eigenvalue weighted by molar-refractivity contribution is 6.01. The first-order chi connectivity index (χ1) is 14.9. The van der Waals surface area contributed by atoms with Gasteiger partial charge in [-0.15, -0.1) is 0 Å². The summed E-state index contributed by atoms with van der Waals surface area (Å²) in [5.74, 6) is -2.70. The van der Waals surface area contributed by atoms with E-state index in [1.54, 1.807) is 33.8 Å². The average Bonchev–Trinajstić information content (AvgIpc) is 2.94. The summed E-state index contributed by atoms with van der Waals surface area (Å²) in [6.07, 6.45) is 4.42. The molecule has 0 aromatic rings. The van der Waals surface area contributed by atoms with E-state index in [0.717, 1.165) is 0 Å². The van der Waals surface area contributed by atoms with E-state index in [4.69, 9.17) is 4.74 Å². The van der Waals surface area contributed by atoms with Gasteiger partial charge in [0.2, 0.25) is 5.78 Å². The van der Waals surface area contributed by atoms with Crippen molar-refractivity contribution in [3.8, 4) is 0 Å². The maximum Gasteiger partial charge on any atom is 0.305 e. The Balaban J connectivity index is 1.73. The fourth-order valence-corrected chi connectivity index (χ4v) is 7.50. The molecule has 0 bridgehead atoms. The molecule has 4 aliphatic carbocycles. The van der Waals surface area contributed by atoms with Gasteiger partial charge in [0.05, 0.1) is 6.10 Å². The van der Waals surface area contributed by atoms with Crippen LogP contribution in [0.4, 0.5) is 4.39 Å². The van der Waals surface area contributed by atoms with Crippen molar-refractivity contribution < 1.29 is 33.7 Å². The Morgan fingerprint density at radius 3 is 2.62 bits per heavy atom. The predicted molar refractivity (Wildman–Crippen MR) is 114 cm³/mol. The van der Waals surface area contributed by atoms with Crippen molar-refractivity contribution >= 4 is 17.5 Å². The molecule has 3 fully saturated rings. The summed E-state index contributed by atoms with van der Waals surface area (Å²) in [4.78, 5) is 36.7. The highest BCUT2D eigenvalue weighted by Crippen LogP contribution is 2.70. The maximum atomic E-state index is 17.1. The number of alkyl halides is 1. The molecule has 6 nitrogen and oxygen atoms in total. The SMILES string of the molecule is CCC(=O)OCC(=O)[C@]1(O)[C@H](C)C[C@@H]2[C@H]3CCC4=CC(=O)C=C[C@@]4(C)[C@]3(F)[C@H](O)C[C@]21C. The molecular formula is C25H33FO6. The van der Waals surface area contributed by atoms with Crippen molar-refractivity contribution in [2.24, 2.45) is 28.6 Å². The number of hydrogen-bond donors (Lipinski definition) is 2. The minimum atomic E-state index is -2.01. The molecule has 0 amide bonds. The zero-order chi connectivity index (χ0) is 23.7. The van der Waals surface area contributed by atoms with Gasteiger partial charge in [-0.25, -0.2) is 4.39 Å². The first kappa shape index (κ1) is 23.3. The number of hydrogen-bond acceptors (Lipinski definition) is 6. The van der Waals surface area contributed by atoms with Gasteiger partial charge in [0.15, 0.2) is 18.1 Å². The molecule has 32 heavy (non-hydrogen) atoms. The predicted octanol–water partition coefficient (Wildman–Crippen LogP) is 2.86. The number of allylic oxidation sites excluding steroid dienone is 4. The first-order valence-corrected chi connectivity index (χ1v) is 11.6. The van der Waals surface area contributed by atoms with E-state index in [1.165, 1.54) is 12.2 Å². The van der Waals surface area contributed by atoms with E-state index in [1.807, 2.05) is 0 Å². The third-order valence-corrected chi connectivity index (χ3v) is 9.30. The number of ether oxygens (including phenoxy) is 1. The summed E-state index contributed by atoms with van der Waals surface area (Å²) in [7, 11) is 0. The number of esters is 1. The topological polar surface area (TPSA) is 101 Å². The fourth-order valence-electron chi connectivity index (χ4n) is 7.50. The Bertz CT molecular complexity index is 925. The Labute approximate surface area is 187 Å². The number of rotatable bonds is 4. The molecule has 0 aromatic heterocycles. The molecule has 2 N–H and O–H groups in total. The molecule has 0 saturated heterocycles. The minimum Gasteiger partial charge on any atom is -0.458 e. The van der Waals surface area contributed by atoms with Crippen molar-refractivity contribution in [2.75, 3.05) is 6.61 Å². The Hall–Kier alpha value is -1.86. The second kappa shape index (κ2) is 7.32. The van der Waals surface area contributed by atoms with Crippen LogP contribution in [-0.2, 0) is 19.1 Å². The second-order valence-corrected chi connectivity index (χ2v) is 10.6. The quantitative estimate of drug-likeness (QED) is 0.642. The third-order valence-electron chi connectivity index (χ3n) is 9.30. The van der Waals surface area contributed by atoms with Gasteiger partial charge < -0.3 is 14.9 Å². The van der Waals surface area contributed by atoms with Gasteiger partial charge in [-0.3, -0.25) is 14.4 Å². The van der Waals surface area contributed by atoms with Crippen LogP contribution in [0.25, 0.3) is 0 Å². The largest absolute Gasteiger partial charge is 0.458 e. The lowest BCUT2D eigenvalue weighted by Crippen LogP contribution is -2.69. The number of halogens is 1. The van der Waals surface area contributed by atoms with Gasteiger partial charge in [0, 0.05) is 23.2 Å². The van der Waals surface area contributed by atoms with Crippen molar-refractivity contribution in [2.45, 2.75) is 77.2 Å². The summed E-state index contributed by atoms with van der Waals surface area (Å²) in [5.41, 5.74) is -5.33. The number of Topliss-reactive ketones (excluding diaryl/α,β-unsaturated/α-hetero) is 1. The molecule has 3 saturated carbocycles. The molecule has 4 rings (SSSR count). The van der Waals surface area contributed by atoms with Crippen LogP contribution in [-0.4, -0.2) is 51.7 Å². The average molecular weight is 449 g/mol. The van der Waals surface area contributed by atoms with Crippen LogP contribution >= 0.6 is 0 Å². The van der Waals surface area contributed by atoms with E-state index in [0.29, 0.717) is 24.8 Å². The molecular weight excluding hydrogens is 415 g/mol. The molecule has 4 aliphatic rings. The number of fused-ring (bicyclic) bond motifs is 5. The van der Waals surface area contributed by atoms with Crippen molar-refractivity contribution in [1.82, 2.24) is 0 Å². The smallest absolute Gasteiger partial charge is 0.305 e. The van der Waals surface area contributed by atoms with Gasteiger partial charge in [0.1, 0.15) is 5.60 Å². The monoisotopic (exact) mass is 448 g/mol. The molecule has 0 aromatic carbocycles. The van der Waals surface area contributed by atoms with Crippen LogP contribution in [0.2, 0.25) is 0 Å². The van der Waals surface area contributed by atoms with Gasteiger partial charge in [-0.05, 0) is 56.6 Å². The maximum absolute atomic E-state index is 17.1. The highest BCUT2D eigenvalue weighted by Gasteiger charge is 2.75. The Morgan fingerprint density at radius 1 is 1.28 bits per heavy atom. The third kappa shape index (κ3) is 2.73. The number of aliphatic hydroxyl groups is 2. The number of carbonyl (C=O) groups excluding carboxylic acids is 3. The standard InChI is InChI=1S/C25H33FO6/c1-5-21(30)32-13-20(29)25(31)14(2)10-18-17-7-6-15-11-16(27)8-9-22(15,3)24(17,26)19(28)12-23(18,25)4/h8-9,11,14,17-19,28,31H,5-7,10,12-13H2,1-4H3/t14-,17-,18-,19-,22-,23-,24-,25-/m1/s1. The summed E-state index contributed by atoms with van der Waals surface area (Å²) in [5, 5.41) is 23.0. The zero-order valence-corrected chi connectivity index (χ0v) is 19.2. The molecule has 0 spiro atoms. The minimum absolute atomic E-state index is 0.0936. The lowest BCUT2D eigenvalue weighted by atomic mass is 9.44. The van der Waals surface area contributed by atoms with E-state index >= 15 is 4.39 Å². The van der Waals surface area contributed by atoms with Gasteiger partial charge >= 0.3 is 5.97 Å². The zero-order valence-electron chi connectivity index (χ0n) is 19.2. The van der Waals surface area contributed by atoms with Crippen LogP contribution in [0.1, 0.15) is 59.8 Å². The molecule has 176 valence electrons. The normalized spacial score (nSPS) is 47.2. The highest BCUT2D eigenvalue weighted by atomic mass is 19.1. The lowest BCUT2D eigenvalue weighted by molar-refractivity contribution is -0.220. The summed E-state index contributed by atoms with van der Waals surface area (Å²) in [6.45, 7) is 6.35. The lowest BCUT2D eigenvalue weighted by Gasteiger charge is -2.62.